The molecule has 0 saturated carbocycles. The van der Waals surface area contributed by atoms with E-state index in [2.05, 4.69) is 60.6 Å². The van der Waals surface area contributed by atoms with Gasteiger partial charge in [-0.3, -0.25) is 0 Å². The van der Waals surface area contributed by atoms with E-state index < -0.39 is 0 Å². The van der Waals surface area contributed by atoms with E-state index in [0.717, 1.165) is 5.71 Å². The third-order valence-electron chi connectivity index (χ3n) is 4.12. The summed E-state index contributed by atoms with van der Waals surface area (Å²) < 4.78 is 0. The fraction of sp³-hybridized carbons (Fsp3) is 0.235. The summed E-state index contributed by atoms with van der Waals surface area (Å²) in [5, 5.41) is 12.6. The zero-order valence-electron chi connectivity index (χ0n) is 11.2. The average molecular weight is 251 g/mol. The van der Waals surface area contributed by atoms with Crippen LogP contribution in [0.3, 0.4) is 0 Å². The third kappa shape index (κ3) is 1.75. The minimum absolute atomic E-state index is 0.0635. The highest BCUT2D eigenvalue weighted by Gasteiger charge is 2.31. The second-order valence-corrected chi connectivity index (χ2v) is 5.15. The van der Waals surface area contributed by atoms with Crippen molar-refractivity contribution >= 4 is 5.71 Å². The van der Waals surface area contributed by atoms with Gasteiger partial charge in [0.1, 0.15) is 0 Å². The molecule has 1 aliphatic carbocycles. The first-order chi connectivity index (χ1) is 9.24. The lowest BCUT2D eigenvalue weighted by atomic mass is 9.72. The van der Waals surface area contributed by atoms with Crippen molar-refractivity contribution in [3.8, 4) is 0 Å². The summed E-state index contributed by atoms with van der Waals surface area (Å²) >= 11 is 0. The van der Waals surface area contributed by atoms with E-state index in [4.69, 9.17) is 0 Å². The molecule has 0 aliphatic heterocycles. The molecular weight excluding hydrogens is 234 g/mol. The number of oxime groups is 1. The van der Waals surface area contributed by atoms with Crippen molar-refractivity contribution in [1.29, 1.82) is 0 Å². The van der Waals surface area contributed by atoms with Gasteiger partial charge >= 0.3 is 0 Å². The van der Waals surface area contributed by atoms with E-state index >= 15 is 0 Å². The second kappa shape index (κ2) is 4.54. The normalized spacial score (nSPS) is 21.7. The molecule has 0 heterocycles. The molecule has 1 aliphatic rings. The highest BCUT2D eigenvalue weighted by Crippen LogP contribution is 2.43. The Kier molecular flexibility index (Phi) is 2.86. The summed E-state index contributed by atoms with van der Waals surface area (Å²) in [6.45, 7) is 4.12. The molecule has 0 radical (unpaired) electrons. The summed E-state index contributed by atoms with van der Waals surface area (Å²) in [4.78, 5) is 0. The first-order valence-corrected chi connectivity index (χ1v) is 6.60. The molecule has 0 atom stereocenters. The molecule has 0 spiro atoms. The van der Waals surface area contributed by atoms with Gasteiger partial charge in [0.2, 0.25) is 0 Å². The highest BCUT2D eigenvalue weighted by molar-refractivity contribution is 5.93. The zero-order valence-corrected chi connectivity index (χ0v) is 11.2. The minimum atomic E-state index is 0.0635. The summed E-state index contributed by atoms with van der Waals surface area (Å²) in [7, 11) is 0. The first kappa shape index (κ1) is 12.0. The zero-order chi connectivity index (χ0) is 13.4. The molecule has 0 unspecified atom stereocenters. The molecule has 0 bridgehead atoms. The van der Waals surface area contributed by atoms with Crippen molar-refractivity contribution in [2.75, 3.05) is 0 Å². The van der Waals surface area contributed by atoms with Gasteiger partial charge < -0.3 is 5.21 Å². The van der Waals surface area contributed by atoms with Crippen LogP contribution in [0.4, 0.5) is 0 Å². The molecular formula is C17H17NO. The molecule has 1 N–H and O–H groups in total. The number of nitrogens with zero attached hydrogens (tertiary/aromatic N) is 1. The van der Waals surface area contributed by atoms with Gasteiger partial charge in [0, 0.05) is 5.92 Å². The third-order valence-corrected chi connectivity index (χ3v) is 4.12. The largest absolute Gasteiger partial charge is 0.411 e. The molecule has 19 heavy (non-hydrogen) atoms. The number of rotatable bonds is 1. The van der Waals surface area contributed by atoms with Crippen molar-refractivity contribution in [2.24, 2.45) is 5.16 Å². The topological polar surface area (TPSA) is 32.6 Å². The maximum absolute atomic E-state index is 9.19. The molecule has 0 saturated heterocycles. The number of fused-ring (bicyclic) bond motifs is 2. The maximum atomic E-state index is 9.19. The Morgan fingerprint density at radius 3 is 1.74 bits per heavy atom. The van der Waals surface area contributed by atoms with Crippen molar-refractivity contribution in [3.05, 3.63) is 70.8 Å². The summed E-state index contributed by atoms with van der Waals surface area (Å²) in [5.74, 6) is 0.448. The standard InChI is InChI=1S/C17H17NO/c1-11-13-7-3-5-9-15(13)17(12(2)18-19)16-10-6-4-8-14(11)16/h3-11,17,19H,1-2H3/b18-12+. The van der Waals surface area contributed by atoms with Crippen LogP contribution in [0.1, 0.15) is 47.9 Å². The van der Waals surface area contributed by atoms with Gasteiger partial charge in [-0.05, 0) is 29.2 Å². The molecule has 0 fully saturated rings. The molecule has 2 aromatic carbocycles. The lowest BCUT2D eigenvalue weighted by Gasteiger charge is -2.32. The SMILES string of the molecule is C/C(=N\O)C1c2ccccc2C(C)c2ccccc21. The Morgan fingerprint density at radius 2 is 1.32 bits per heavy atom. The predicted octanol–water partition coefficient (Wildman–Crippen LogP) is 4.13. The minimum Gasteiger partial charge on any atom is -0.411 e. The Balaban J connectivity index is 2.29. The second-order valence-electron chi connectivity index (χ2n) is 5.15. The Hall–Kier alpha value is -2.09. The van der Waals surface area contributed by atoms with E-state index in [1.165, 1.54) is 22.3 Å². The van der Waals surface area contributed by atoms with Gasteiger partial charge in [-0.2, -0.15) is 0 Å². The summed E-state index contributed by atoms with van der Waals surface area (Å²) in [6, 6.07) is 16.9. The van der Waals surface area contributed by atoms with E-state index in [1.807, 2.05) is 6.92 Å². The Labute approximate surface area is 113 Å². The van der Waals surface area contributed by atoms with E-state index in [-0.39, 0.29) is 5.92 Å². The molecule has 96 valence electrons. The van der Waals surface area contributed by atoms with Crippen LogP contribution in [0.5, 0.6) is 0 Å². The van der Waals surface area contributed by atoms with Gasteiger partial charge in [-0.15, -0.1) is 0 Å². The van der Waals surface area contributed by atoms with Crippen LogP contribution in [0, 0.1) is 0 Å². The lowest BCUT2D eigenvalue weighted by molar-refractivity contribution is 0.317. The van der Waals surface area contributed by atoms with Crippen molar-refractivity contribution in [3.63, 3.8) is 0 Å². The monoisotopic (exact) mass is 251 g/mol. The van der Waals surface area contributed by atoms with Crippen molar-refractivity contribution in [1.82, 2.24) is 0 Å². The molecule has 2 heteroatoms. The van der Waals surface area contributed by atoms with Crippen LogP contribution in [0.2, 0.25) is 0 Å². The average Bonchev–Trinajstić information content (AvgIpc) is 2.47. The highest BCUT2D eigenvalue weighted by atomic mass is 16.4. The fourth-order valence-electron chi connectivity index (χ4n) is 3.18. The van der Waals surface area contributed by atoms with Crippen LogP contribution >= 0.6 is 0 Å². The molecule has 3 rings (SSSR count). The summed E-state index contributed by atoms with van der Waals surface area (Å²) in [6.07, 6.45) is 0. The van der Waals surface area contributed by atoms with Gasteiger partial charge in [0.25, 0.3) is 0 Å². The smallest absolute Gasteiger partial charge is 0.0658 e. The number of benzene rings is 2. The fourth-order valence-corrected chi connectivity index (χ4v) is 3.18. The van der Waals surface area contributed by atoms with Crippen LogP contribution in [0.25, 0.3) is 0 Å². The first-order valence-electron chi connectivity index (χ1n) is 6.60. The van der Waals surface area contributed by atoms with Crippen LogP contribution < -0.4 is 0 Å². The molecule has 2 nitrogen and oxygen atoms in total. The van der Waals surface area contributed by atoms with Crippen LogP contribution in [0.15, 0.2) is 53.7 Å². The summed E-state index contributed by atoms with van der Waals surface area (Å²) in [5.41, 5.74) is 5.91. The predicted molar refractivity (Wildman–Crippen MR) is 77.1 cm³/mol. The van der Waals surface area contributed by atoms with Gasteiger partial charge in [-0.25, -0.2) is 0 Å². The van der Waals surface area contributed by atoms with Crippen molar-refractivity contribution < 1.29 is 5.21 Å². The van der Waals surface area contributed by atoms with E-state index in [9.17, 15) is 5.21 Å². The number of hydrogen-bond acceptors (Lipinski definition) is 2. The van der Waals surface area contributed by atoms with Gasteiger partial charge in [0.05, 0.1) is 11.6 Å². The van der Waals surface area contributed by atoms with Crippen LogP contribution in [-0.4, -0.2) is 10.9 Å². The van der Waals surface area contributed by atoms with Crippen molar-refractivity contribution in [2.45, 2.75) is 25.7 Å². The maximum Gasteiger partial charge on any atom is 0.0658 e. The van der Waals surface area contributed by atoms with Gasteiger partial charge in [-0.1, -0.05) is 60.6 Å². The lowest BCUT2D eigenvalue weighted by Crippen LogP contribution is -2.21. The Morgan fingerprint density at radius 1 is 0.895 bits per heavy atom. The number of hydrogen-bond donors (Lipinski definition) is 1. The van der Waals surface area contributed by atoms with Gasteiger partial charge in [0.15, 0.2) is 0 Å². The molecule has 0 amide bonds. The van der Waals surface area contributed by atoms with Crippen LogP contribution in [-0.2, 0) is 0 Å². The Bertz CT molecular complexity index is 598. The quantitative estimate of drug-likeness (QED) is 0.461. The molecule has 2 aromatic rings. The molecule has 0 aromatic heterocycles. The van der Waals surface area contributed by atoms with E-state index in [1.54, 1.807) is 0 Å². The van der Waals surface area contributed by atoms with E-state index in [0.29, 0.717) is 5.92 Å².